The molecule has 6 nitrogen and oxygen atoms in total. The van der Waals surface area contributed by atoms with E-state index >= 15 is 0 Å². The number of pyridine rings is 1. The third-order valence-corrected chi connectivity index (χ3v) is 7.76. The predicted molar refractivity (Wildman–Crippen MR) is 161 cm³/mol. The van der Waals surface area contributed by atoms with Crippen molar-refractivity contribution >= 4 is 28.2 Å². The average Bonchev–Trinajstić information content (AvgIpc) is 3.45. The highest BCUT2D eigenvalue weighted by molar-refractivity contribution is 6.03. The van der Waals surface area contributed by atoms with Crippen molar-refractivity contribution in [2.45, 2.75) is 25.8 Å². The highest BCUT2D eigenvalue weighted by atomic mass is 16.4. The number of nitrogens with one attached hydrogen (secondary N) is 1. The number of rotatable bonds is 7. The lowest BCUT2D eigenvalue weighted by atomic mass is 9.77. The SMILES string of the molecule is CC(C)(c1ccc2ccccc2c1)c1cnn2cc(-c3ccccc3)cc(C(=O)NCc3ccc(C(=O)O)cc3)c12. The number of aromatic carboxylic acids is 1. The van der Waals surface area contributed by atoms with Crippen LogP contribution in [-0.2, 0) is 12.0 Å². The molecule has 1 amide bonds. The van der Waals surface area contributed by atoms with Crippen LogP contribution in [0, 0.1) is 0 Å². The Balaban J connectivity index is 1.43. The Morgan fingerprint density at radius 2 is 1.54 bits per heavy atom. The molecule has 0 aliphatic rings. The fourth-order valence-corrected chi connectivity index (χ4v) is 5.32. The molecule has 0 unspecified atom stereocenters. The van der Waals surface area contributed by atoms with Crippen molar-refractivity contribution in [1.29, 1.82) is 0 Å². The molecule has 0 radical (unpaired) electrons. The molecule has 6 aromatic rings. The van der Waals surface area contributed by atoms with E-state index in [1.54, 1.807) is 28.8 Å². The summed E-state index contributed by atoms with van der Waals surface area (Å²) in [4.78, 5) is 25.0. The molecule has 0 atom stereocenters. The van der Waals surface area contributed by atoms with Gasteiger partial charge in [0, 0.05) is 29.3 Å². The van der Waals surface area contributed by atoms with Crippen molar-refractivity contribution in [3.63, 3.8) is 0 Å². The van der Waals surface area contributed by atoms with Crippen molar-refractivity contribution in [1.82, 2.24) is 14.9 Å². The number of fused-ring (bicyclic) bond motifs is 2. The summed E-state index contributed by atoms with van der Waals surface area (Å²) in [7, 11) is 0. The molecule has 0 aliphatic heterocycles. The molecule has 2 heterocycles. The number of carbonyl (C=O) groups excluding carboxylic acids is 1. The van der Waals surface area contributed by atoms with E-state index in [0.717, 1.165) is 38.7 Å². The third kappa shape index (κ3) is 4.96. The molecular formula is C35H29N3O3. The standard InChI is InChI=1S/C35H29N3O3/c1-35(2,29-17-16-25-10-6-7-11-27(25)18-29)31-21-37-38-22-28(24-8-4-3-5-9-24)19-30(32(31)38)33(39)36-20-23-12-14-26(15-13-23)34(40)41/h3-19,21-22H,20H2,1-2H3,(H,36,39)(H,40,41). The number of hydrogen-bond acceptors (Lipinski definition) is 3. The summed E-state index contributed by atoms with van der Waals surface area (Å²) in [6.07, 6.45) is 3.83. The topological polar surface area (TPSA) is 83.7 Å². The van der Waals surface area contributed by atoms with Gasteiger partial charge in [0.25, 0.3) is 5.91 Å². The van der Waals surface area contributed by atoms with Crippen LogP contribution in [0.1, 0.15) is 51.3 Å². The van der Waals surface area contributed by atoms with E-state index < -0.39 is 11.4 Å². The minimum Gasteiger partial charge on any atom is -0.478 e. The molecule has 4 aromatic carbocycles. The zero-order chi connectivity index (χ0) is 28.6. The molecular weight excluding hydrogens is 510 g/mol. The maximum atomic E-state index is 13.8. The van der Waals surface area contributed by atoms with Crippen LogP contribution in [0.3, 0.4) is 0 Å². The van der Waals surface area contributed by atoms with Crippen LogP contribution in [0.25, 0.3) is 27.4 Å². The van der Waals surface area contributed by atoms with Gasteiger partial charge in [0.05, 0.1) is 22.8 Å². The van der Waals surface area contributed by atoms with E-state index in [2.05, 4.69) is 49.5 Å². The quantitative estimate of drug-likeness (QED) is 0.226. The molecule has 0 saturated heterocycles. The molecule has 0 fully saturated rings. The molecule has 6 heteroatoms. The Hall–Kier alpha value is -5.23. The number of nitrogens with zero attached hydrogens (tertiary/aromatic N) is 2. The van der Waals surface area contributed by atoms with Gasteiger partial charge in [-0.25, -0.2) is 9.31 Å². The second kappa shape index (κ2) is 10.4. The summed E-state index contributed by atoms with van der Waals surface area (Å²) in [5.74, 6) is -1.21. The smallest absolute Gasteiger partial charge is 0.335 e. The lowest BCUT2D eigenvalue weighted by molar-refractivity contribution is 0.0696. The first kappa shape index (κ1) is 26.0. The van der Waals surface area contributed by atoms with Crippen LogP contribution in [0.4, 0.5) is 0 Å². The van der Waals surface area contributed by atoms with Crippen LogP contribution >= 0.6 is 0 Å². The van der Waals surface area contributed by atoms with Crippen LogP contribution in [0.5, 0.6) is 0 Å². The van der Waals surface area contributed by atoms with Gasteiger partial charge in [0.1, 0.15) is 0 Å². The van der Waals surface area contributed by atoms with Gasteiger partial charge in [-0.05, 0) is 45.7 Å². The Bertz CT molecular complexity index is 1910. The number of carboxylic acids is 1. The van der Waals surface area contributed by atoms with Gasteiger partial charge in [-0.15, -0.1) is 0 Å². The minimum absolute atomic E-state index is 0.206. The van der Waals surface area contributed by atoms with E-state index in [4.69, 9.17) is 5.10 Å². The molecule has 202 valence electrons. The molecule has 6 rings (SSSR count). The molecule has 2 aromatic heterocycles. The first-order valence-electron chi connectivity index (χ1n) is 13.5. The maximum absolute atomic E-state index is 13.8. The second-order valence-corrected chi connectivity index (χ2v) is 10.7. The zero-order valence-corrected chi connectivity index (χ0v) is 22.8. The Labute approximate surface area is 237 Å². The van der Waals surface area contributed by atoms with Gasteiger partial charge in [-0.1, -0.05) is 98.8 Å². The van der Waals surface area contributed by atoms with Gasteiger partial charge in [-0.3, -0.25) is 4.79 Å². The maximum Gasteiger partial charge on any atom is 0.335 e. The lowest BCUT2D eigenvalue weighted by Gasteiger charge is -2.26. The van der Waals surface area contributed by atoms with E-state index in [0.29, 0.717) is 5.56 Å². The number of carboxylic acid groups (broad SMARTS) is 1. The Kier molecular flexibility index (Phi) is 6.59. The van der Waals surface area contributed by atoms with Gasteiger partial charge < -0.3 is 10.4 Å². The van der Waals surface area contributed by atoms with E-state index in [-0.39, 0.29) is 18.0 Å². The summed E-state index contributed by atoms with van der Waals surface area (Å²) in [5.41, 5.74) is 5.79. The van der Waals surface area contributed by atoms with Crippen molar-refractivity contribution in [3.8, 4) is 11.1 Å². The van der Waals surface area contributed by atoms with E-state index in [9.17, 15) is 14.7 Å². The number of hydrogen-bond donors (Lipinski definition) is 2. The minimum atomic E-state index is -0.983. The van der Waals surface area contributed by atoms with Crippen molar-refractivity contribution < 1.29 is 14.7 Å². The monoisotopic (exact) mass is 539 g/mol. The predicted octanol–water partition coefficient (Wildman–Crippen LogP) is 7.11. The number of benzene rings is 4. The summed E-state index contributed by atoms with van der Waals surface area (Å²) in [6.45, 7) is 4.58. The summed E-state index contributed by atoms with van der Waals surface area (Å²) in [5, 5.41) is 19.3. The third-order valence-electron chi connectivity index (χ3n) is 7.76. The van der Waals surface area contributed by atoms with Gasteiger partial charge in [-0.2, -0.15) is 5.10 Å². The number of aromatic nitrogens is 2. The second-order valence-electron chi connectivity index (χ2n) is 10.7. The van der Waals surface area contributed by atoms with Crippen LogP contribution in [0.15, 0.2) is 116 Å². The summed E-state index contributed by atoms with van der Waals surface area (Å²) < 4.78 is 1.80. The summed E-state index contributed by atoms with van der Waals surface area (Å²) in [6, 6.07) is 33.1. The van der Waals surface area contributed by atoms with Gasteiger partial charge in [0.2, 0.25) is 0 Å². The Morgan fingerprint density at radius 3 is 2.27 bits per heavy atom. The first-order valence-corrected chi connectivity index (χ1v) is 13.5. The van der Waals surface area contributed by atoms with Gasteiger partial charge in [0.15, 0.2) is 0 Å². The fourth-order valence-electron chi connectivity index (χ4n) is 5.32. The highest BCUT2D eigenvalue weighted by Gasteiger charge is 2.30. The molecule has 2 N–H and O–H groups in total. The normalized spacial score (nSPS) is 11.6. The zero-order valence-electron chi connectivity index (χ0n) is 22.8. The van der Waals surface area contributed by atoms with Crippen molar-refractivity contribution in [2.24, 2.45) is 0 Å². The largest absolute Gasteiger partial charge is 0.478 e. The van der Waals surface area contributed by atoms with Crippen LogP contribution < -0.4 is 5.32 Å². The Morgan fingerprint density at radius 1 is 0.829 bits per heavy atom. The number of carbonyl (C=O) groups is 2. The van der Waals surface area contributed by atoms with Crippen molar-refractivity contribution in [3.05, 3.63) is 143 Å². The van der Waals surface area contributed by atoms with Crippen LogP contribution in [-0.4, -0.2) is 26.6 Å². The molecule has 0 aliphatic carbocycles. The highest BCUT2D eigenvalue weighted by Crippen LogP contribution is 2.37. The lowest BCUT2D eigenvalue weighted by Crippen LogP contribution is -2.25. The summed E-state index contributed by atoms with van der Waals surface area (Å²) >= 11 is 0. The van der Waals surface area contributed by atoms with Gasteiger partial charge >= 0.3 is 5.97 Å². The molecule has 0 bridgehead atoms. The number of amides is 1. The van der Waals surface area contributed by atoms with Crippen molar-refractivity contribution in [2.75, 3.05) is 0 Å². The van der Waals surface area contributed by atoms with E-state index in [1.165, 1.54) is 5.39 Å². The molecule has 0 saturated carbocycles. The first-order chi connectivity index (χ1) is 19.8. The van der Waals surface area contributed by atoms with E-state index in [1.807, 2.05) is 60.9 Å². The molecule has 41 heavy (non-hydrogen) atoms. The fraction of sp³-hybridized carbons (Fsp3) is 0.114. The average molecular weight is 540 g/mol. The molecule has 0 spiro atoms. The van der Waals surface area contributed by atoms with Crippen LogP contribution in [0.2, 0.25) is 0 Å².